The number of hydrogen-bond acceptors (Lipinski definition) is 4. The molecule has 1 saturated heterocycles. The maximum atomic E-state index is 13.1. The number of rotatable bonds is 5. The van der Waals surface area contributed by atoms with Gasteiger partial charge in [-0.3, -0.25) is 4.98 Å². The first kappa shape index (κ1) is 17.3. The van der Waals surface area contributed by atoms with Crippen LogP contribution < -0.4 is 5.73 Å². The molecule has 2 N–H and O–H groups in total. The van der Waals surface area contributed by atoms with E-state index in [0.717, 1.165) is 36.5 Å². The molecule has 3 rings (SSSR count). The predicted octanol–water partition coefficient (Wildman–Crippen LogP) is 2.76. The summed E-state index contributed by atoms with van der Waals surface area (Å²) in [5.41, 5.74) is 6.22. The molecule has 1 aromatic carbocycles. The smallest absolute Gasteiger partial charge is 0.243 e. The van der Waals surface area contributed by atoms with Gasteiger partial charge in [0, 0.05) is 42.3 Å². The van der Waals surface area contributed by atoms with Gasteiger partial charge in [0.2, 0.25) is 10.0 Å². The van der Waals surface area contributed by atoms with Crippen LogP contribution in [-0.4, -0.2) is 36.8 Å². The van der Waals surface area contributed by atoms with Gasteiger partial charge in [-0.2, -0.15) is 4.31 Å². The minimum atomic E-state index is -3.49. The van der Waals surface area contributed by atoms with Crippen molar-refractivity contribution in [2.45, 2.75) is 43.5 Å². The Kier molecular flexibility index (Phi) is 5.18. The summed E-state index contributed by atoms with van der Waals surface area (Å²) < 4.78 is 27.8. The van der Waals surface area contributed by atoms with Gasteiger partial charge in [-0.1, -0.05) is 25.5 Å². The van der Waals surface area contributed by atoms with Gasteiger partial charge in [-0.05, 0) is 37.3 Å². The van der Waals surface area contributed by atoms with E-state index in [4.69, 9.17) is 5.73 Å². The Hall–Kier alpha value is -1.50. The standard InChI is InChI=1S/C18H25N3O2S/c1-2-4-17(19)14-8-11-21(12-9-14)24(22,23)18-6-3-5-15-13-20-10-7-16(15)18/h3,5-7,10,13-14,17H,2,4,8-9,11-12,19H2,1H3/t17-/m1/s1. The molecular weight excluding hydrogens is 322 g/mol. The number of nitrogens with two attached hydrogens (primary N) is 1. The van der Waals surface area contributed by atoms with Crippen molar-refractivity contribution in [2.24, 2.45) is 11.7 Å². The average Bonchev–Trinajstić information content (AvgIpc) is 2.61. The first-order chi connectivity index (χ1) is 11.5. The van der Waals surface area contributed by atoms with E-state index in [1.165, 1.54) is 0 Å². The van der Waals surface area contributed by atoms with Gasteiger partial charge in [0.15, 0.2) is 0 Å². The van der Waals surface area contributed by atoms with Crippen LogP contribution in [0.1, 0.15) is 32.6 Å². The number of nitrogens with zero attached hydrogens (tertiary/aromatic N) is 2. The molecule has 24 heavy (non-hydrogen) atoms. The highest BCUT2D eigenvalue weighted by Crippen LogP contribution is 2.29. The summed E-state index contributed by atoms with van der Waals surface area (Å²) >= 11 is 0. The third-order valence-corrected chi connectivity index (χ3v) is 6.94. The first-order valence-corrected chi connectivity index (χ1v) is 10.1. The van der Waals surface area contributed by atoms with E-state index < -0.39 is 10.0 Å². The summed E-state index contributed by atoms with van der Waals surface area (Å²) in [6, 6.07) is 7.31. The maximum Gasteiger partial charge on any atom is 0.243 e. The molecule has 5 nitrogen and oxygen atoms in total. The topological polar surface area (TPSA) is 76.3 Å². The zero-order chi connectivity index (χ0) is 17.2. The fourth-order valence-electron chi connectivity index (χ4n) is 3.57. The summed E-state index contributed by atoms with van der Waals surface area (Å²) in [7, 11) is -3.49. The average molecular weight is 347 g/mol. The number of aromatic nitrogens is 1. The minimum absolute atomic E-state index is 0.184. The molecule has 1 aromatic heterocycles. The van der Waals surface area contributed by atoms with E-state index in [0.29, 0.717) is 23.9 Å². The Morgan fingerprint density at radius 2 is 2.04 bits per heavy atom. The van der Waals surface area contributed by atoms with Crippen molar-refractivity contribution >= 4 is 20.8 Å². The molecular formula is C18H25N3O2S. The van der Waals surface area contributed by atoms with Crippen molar-refractivity contribution in [3.05, 3.63) is 36.7 Å². The monoisotopic (exact) mass is 347 g/mol. The number of piperidine rings is 1. The summed E-state index contributed by atoms with van der Waals surface area (Å²) in [6.07, 6.45) is 7.10. The molecule has 0 amide bonds. The number of hydrogen-bond donors (Lipinski definition) is 1. The Balaban J connectivity index is 1.82. The van der Waals surface area contributed by atoms with Crippen molar-refractivity contribution in [2.75, 3.05) is 13.1 Å². The molecule has 1 fully saturated rings. The van der Waals surface area contributed by atoms with Crippen LogP contribution in [0.2, 0.25) is 0 Å². The van der Waals surface area contributed by atoms with Crippen molar-refractivity contribution in [1.82, 2.24) is 9.29 Å². The Labute approximate surface area is 143 Å². The summed E-state index contributed by atoms with van der Waals surface area (Å²) in [5, 5.41) is 1.58. The van der Waals surface area contributed by atoms with Crippen molar-refractivity contribution < 1.29 is 8.42 Å². The van der Waals surface area contributed by atoms with E-state index in [2.05, 4.69) is 11.9 Å². The molecule has 0 spiro atoms. The fraction of sp³-hybridized carbons (Fsp3) is 0.500. The quantitative estimate of drug-likeness (QED) is 0.902. The lowest BCUT2D eigenvalue weighted by Crippen LogP contribution is -2.43. The number of fused-ring (bicyclic) bond motifs is 1. The van der Waals surface area contributed by atoms with Gasteiger partial charge in [-0.25, -0.2) is 8.42 Å². The van der Waals surface area contributed by atoms with Crippen LogP contribution in [0.4, 0.5) is 0 Å². The molecule has 1 aliphatic rings. The molecule has 0 unspecified atom stereocenters. The van der Waals surface area contributed by atoms with E-state index >= 15 is 0 Å². The minimum Gasteiger partial charge on any atom is -0.327 e. The lowest BCUT2D eigenvalue weighted by Gasteiger charge is -2.34. The molecule has 0 bridgehead atoms. The number of benzene rings is 1. The van der Waals surface area contributed by atoms with Crippen LogP contribution in [0.25, 0.3) is 10.8 Å². The van der Waals surface area contributed by atoms with Crippen LogP contribution in [-0.2, 0) is 10.0 Å². The highest BCUT2D eigenvalue weighted by molar-refractivity contribution is 7.89. The van der Waals surface area contributed by atoms with Crippen molar-refractivity contribution in [3.63, 3.8) is 0 Å². The fourth-order valence-corrected chi connectivity index (χ4v) is 5.25. The Bertz CT molecular complexity index is 794. The number of pyridine rings is 1. The lowest BCUT2D eigenvalue weighted by molar-refractivity contribution is 0.238. The van der Waals surface area contributed by atoms with Gasteiger partial charge in [0.1, 0.15) is 0 Å². The molecule has 130 valence electrons. The van der Waals surface area contributed by atoms with Gasteiger partial charge in [0.05, 0.1) is 4.90 Å². The van der Waals surface area contributed by atoms with Crippen LogP contribution in [0.3, 0.4) is 0 Å². The summed E-state index contributed by atoms with van der Waals surface area (Å²) in [6.45, 7) is 3.23. The van der Waals surface area contributed by atoms with Gasteiger partial charge in [-0.15, -0.1) is 0 Å². The highest BCUT2D eigenvalue weighted by atomic mass is 32.2. The SMILES string of the molecule is CCC[C@@H](N)C1CCN(S(=O)(=O)c2cccc3cnccc23)CC1. The van der Waals surface area contributed by atoms with Crippen LogP contribution in [0.15, 0.2) is 41.6 Å². The molecule has 0 radical (unpaired) electrons. The van der Waals surface area contributed by atoms with Gasteiger partial charge in [0.25, 0.3) is 0 Å². The summed E-state index contributed by atoms with van der Waals surface area (Å²) in [4.78, 5) is 4.45. The molecule has 2 heterocycles. The largest absolute Gasteiger partial charge is 0.327 e. The van der Waals surface area contributed by atoms with E-state index in [1.54, 1.807) is 34.9 Å². The zero-order valence-corrected chi connectivity index (χ0v) is 14.9. The highest BCUT2D eigenvalue weighted by Gasteiger charge is 2.32. The van der Waals surface area contributed by atoms with E-state index in [-0.39, 0.29) is 6.04 Å². The molecule has 0 saturated carbocycles. The molecule has 0 aliphatic carbocycles. The van der Waals surface area contributed by atoms with Crippen molar-refractivity contribution in [3.8, 4) is 0 Å². The van der Waals surface area contributed by atoms with E-state index in [1.807, 2.05) is 6.07 Å². The molecule has 1 atom stereocenters. The van der Waals surface area contributed by atoms with Crippen LogP contribution in [0, 0.1) is 5.92 Å². The van der Waals surface area contributed by atoms with Crippen LogP contribution in [0.5, 0.6) is 0 Å². The normalized spacial score (nSPS) is 18.8. The molecule has 6 heteroatoms. The van der Waals surface area contributed by atoms with Crippen molar-refractivity contribution in [1.29, 1.82) is 0 Å². The maximum absolute atomic E-state index is 13.1. The second-order valence-electron chi connectivity index (χ2n) is 6.55. The Morgan fingerprint density at radius 1 is 1.29 bits per heavy atom. The third-order valence-electron chi connectivity index (χ3n) is 4.98. The molecule has 1 aliphatic heterocycles. The third kappa shape index (κ3) is 3.31. The molecule has 2 aromatic rings. The first-order valence-electron chi connectivity index (χ1n) is 8.62. The van der Waals surface area contributed by atoms with Crippen LogP contribution >= 0.6 is 0 Å². The second-order valence-corrected chi connectivity index (χ2v) is 8.45. The number of sulfonamides is 1. The van der Waals surface area contributed by atoms with E-state index in [9.17, 15) is 8.42 Å². The van der Waals surface area contributed by atoms with Gasteiger partial charge >= 0.3 is 0 Å². The predicted molar refractivity (Wildman–Crippen MR) is 96.1 cm³/mol. The lowest BCUT2D eigenvalue weighted by atomic mass is 9.88. The Morgan fingerprint density at radius 3 is 2.75 bits per heavy atom. The summed E-state index contributed by atoms with van der Waals surface area (Å²) in [5.74, 6) is 0.424. The van der Waals surface area contributed by atoms with Gasteiger partial charge < -0.3 is 5.73 Å². The zero-order valence-electron chi connectivity index (χ0n) is 14.1. The second kappa shape index (κ2) is 7.17.